The van der Waals surface area contributed by atoms with Crippen LogP contribution in [0.15, 0.2) is 39.9 Å². The first-order chi connectivity index (χ1) is 11.2. The number of nitrogens with one attached hydrogen (secondary N) is 2. The van der Waals surface area contributed by atoms with Gasteiger partial charge in [0.25, 0.3) is 0 Å². The van der Waals surface area contributed by atoms with E-state index < -0.39 is 10.2 Å². The largest absolute Gasteiger partial charge is 0.342 e. The van der Waals surface area contributed by atoms with Crippen molar-refractivity contribution in [1.29, 1.82) is 0 Å². The Labute approximate surface area is 143 Å². The van der Waals surface area contributed by atoms with Gasteiger partial charge in [-0.05, 0) is 49.5 Å². The molecule has 1 aromatic rings. The molecule has 2 N–H and O–H groups in total. The molecule has 0 bridgehead atoms. The topological polar surface area (TPSA) is 87.6 Å². The van der Waals surface area contributed by atoms with E-state index in [-0.39, 0.29) is 12.3 Å². The number of hydrogen-bond acceptors (Lipinski definition) is 3. The Hall–Kier alpha value is -2.15. The average molecular weight is 349 g/mol. The molecule has 130 valence electrons. The number of benzene rings is 1. The minimum absolute atomic E-state index is 0.117. The van der Waals surface area contributed by atoms with Gasteiger partial charge in [0, 0.05) is 17.8 Å². The van der Waals surface area contributed by atoms with Crippen LogP contribution < -0.4 is 10.0 Å². The summed E-state index contributed by atoms with van der Waals surface area (Å²) in [5, 5.41) is 2.85. The Bertz CT molecular complexity index is 791. The summed E-state index contributed by atoms with van der Waals surface area (Å²) < 4.78 is 28.9. The van der Waals surface area contributed by atoms with Gasteiger partial charge in [-0.1, -0.05) is 26.0 Å². The van der Waals surface area contributed by atoms with Crippen LogP contribution in [0.4, 0.5) is 5.69 Å². The lowest BCUT2D eigenvalue weighted by atomic mass is 10.0. The van der Waals surface area contributed by atoms with Gasteiger partial charge in [-0.2, -0.15) is 8.42 Å². The lowest BCUT2D eigenvalue weighted by Crippen LogP contribution is -2.28. The fourth-order valence-electron chi connectivity index (χ4n) is 2.57. The molecule has 24 heavy (non-hydrogen) atoms. The third-order valence-corrected chi connectivity index (χ3v) is 4.97. The molecule has 0 aliphatic carbocycles. The minimum Gasteiger partial charge on any atom is -0.326 e. The van der Waals surface area contributed by atoms with E-state index in [1.807, 2.05) is 24.3 Å². The Morgan fingerprint density at radius 1 is 1.21 bits per heavy atom. The van der Waals surface area contributed by atoms with Gasteiger partial charge < -0.3 is 5.32 Å². The highest BCUT2D eigenvalue weighted by Crippen LogP contribution is 2.20. The van der Waals surface area contributed by atoms with Crippen LogP contribution in [0.25, 0.3) is 0 Å². The summed E-state index contributed by atoms with van der Waals surface area (Å²) in [5.41, 5.74) is 3.69. The summed E-state index contributed by atoms with van der Waals surface area (Å²) >= 11 is 0. The van der Waals surface area contributed by atoms with Gasteiger partial charge in [0.1, 0.15) is 0 Å². The first kappa shape index (κ1) is 18.2. The van der Waals surface area contributed by atoms with Crippen LogP contribution in [0.5, 0.6) is 0 Å². The summed E-state index contributed by atoms with van der Waals surface area (Å²) in [5.74, 6) is 0.329. The smallest absolute Gasteiger partial charge is 0.326 e. The second kappa shape index (κ2) is 7.17. The predicted molar refractivity (Wildman–Crippen MR) is 96.3 cm³/mol. The maximum absolute atomic E-state index is 12.1. The van der Waals surface area contributed by atoms with Gasteiger partial charge in [-0.15, -0.1) is 4.40 Å². The molecule has 0 aromatic heterocycles. The third kappa shape index (κ3) is 4.67. The molecular weight excluding hydrogens is 326 g/mol. The van der Waals surface area contributed by atoms with Crippen LogP contribution >= 0.6 is 0 Å². The zero-order valence-corrected chi connectivity index (χ0v) is 15.2. The fourth-order valence-corrected chi connectivity index (χ4v) is 3.59. The van der Waals surface area contributed by atoms with Crippen LogP contribution in [0.1, 0.15) is 52.0 Å². The standard InChI is InChI=1S/C17H23N3O3S/c1-11(2)14-5-7-15(8-6-14)18-17(21)10-9-16-12(3)19-24(22,23)20-13(16)4/h5-8,11,19H,9-10H2,1-4H3,(H,18,21). The van der Waals surface area contributed by atoms with E-state index in [0.717, 1.165) is 11.3 Å². The molecule has 0 atom stereocenters. The molecule has 1 amide bonds. The van der Waals surface area contributed by atoms with E-state index in [0.29, 0.717) is 23.7 Å². The molecule has 2 rings (SSSR count). The Morgan fingerprint density at radius 2 is 1.83 bits per heavy atom. The predicted octanol–water partition coefficient (Wildman–Crippen LogP) is 3.11. The number of anilines is 1. The second-order valence-electron chi connectivity index (χ2n) is 6.18. The first-order valence-electron chi connectivity index (χ1n) is 7.87. The van der Waals surface area contributed by atoms with Gasteiger partial charge in [0.15, 0.2) is 0 Å². The van der Waals surface area contributed by atoms with Crippen molar-refractivity contribution in [3.05, 3.63) is 41.1 Å². The average Bonchev–Trinajstić information content (AvgIpc) is 2.45. The maximum Gasteiger partial charge on any atom is 0.342 e. The summed E-state index contributed by atoms with van der Waals surface area (Å²) in [6, 6.07) is 7.78. The third-order valence-electron chi connectivity index (χ3n) is 3.89. The normalized spacial score (nSPS) is 16.6. The van der Waals surface area contributed by atoms with Gasteiger partial charge in [-0.25, -0.2) is 0 Å². The van der Waals surface area contributed by atoms with E-state index in [4.69, 9.17) is 0 Å². The molecule has 0 saturated heterocycles. The molecule has 0 fully saturated rings. The van der Waals surface area contributed by atoms with Gasteiger partial charge in [0.05, 0.1) is 5.71 Å². The van der Waals surface area contributed by atoms with Gasteiger partial charge in [-0.3, -0.25) is 9.52 Å². The Morgan fingerprint density at radius 3 is 2.38 bits per heavy atom. The number of hydrogen-bond donors (Lipinski definition) is 2. The molecule has 1 heterocycles. The van der Waals surface area contributed by atoms with Crippen molar-refractivity contribution in [1.82, 2.24) is 4.72 Å². The second-order valence-corrected chi connectivity index (χ2v) is 7.52. The summed E-state index contributed by atoms with van der Waals surface area (Å²) in [7, 11) is -3.63. The Kier molecular flexibility index (Phi) is 5.43. The summed E-state index contributed by atoms with van der Waals surface area (Å²) in [6.45, 7) is 7.55. The number of carbonyl (C=O) groups excluding carboxylic acids is 1. The van der Waals surface area contributed by atoms with Crippen LogP contribution in [-0.4, -0.2) is 20.0 Å². The minimum atomic E-state index is -3.63. The zero-order chi connectivity index (χ0) is 17.9. The first-order valence-corrected chi connectivity index (χ1v) is 9.31. The van der Waals surface area contributed by atoms with Crippen molar-refractivity contribution >= 4 is 27.5 Å². The number of allylic oxidation sites excluding steroid dienone is 2. The molecule has 1 aromatic carbocycles. The highest BCUT2D eigenvalue weighted by molar-refractivity contribution is 7.88. The van der Waals surface area contributed by atoms with Crippen molar-refractivity contribution in [3.8, 4) is 0 Å². The van der Waals surface area contributed by atoms with Crippen LogP contribution in [0.3, 0.4) is 0 Å². The van der Waals surface area contributed by atoms with E-state index in [2.05, 4.69) is 28.3 Å². The summed E-state index contributed by atoms with van der Waals surface area (Å²) in [6.07, 6.45) is 0.687. The highest BCUT2D eigenvalue weighted by atomic mass is 32.2. The highest BCUT2D eigenvalue weighted by Gasteiger charge is 2.20. The maximum atomic E-state index is 12.1. The van der Waals surface area contributed by atoms with E-state index >= 15 is 0 Å². The lowest BCUT2D eigenvalue weighted by molar-refractivity contribution is -0.116. The lowest BCUT2D eigenvalue weighted by Gasteiger charge is -2.17. The molecule has 0 spiro atoms. The number of carbonyl (C=O) groups is 1. The van der Waals surface area contributed by atoms with Gasteiger partial charge >= 0.3 is 10.2 Å². The van der Waals surface area contributed by atoms with Crippen molar-refractivity contribution in [2.24, 2.45) is 4.40 Å². The molecule has 0 saturated carbocycles. The zero-order valence-electron chi connectivity index (χ0n) is 14.4. The monoisotopic (exact) mass is 349 g/mol. The van der Waals surface area contributed by atoms with Crippen molar-refractivity contribution < 1.29 is 13.2 Å². The molecule has 6 nitrogen and oxygen atoms in total. The van der Waals surface area contributed by atoms with Crippen molar-refractivity contribution in [3.63, 3.8) is 0 Å². The number of rotatable bonds is 5. The molecule has 1 aliphatic heterocycles. The van der Waals surface area contributed by atoms with E-state index in [1.165, 1.54) is 5.56 Å². The molecule has 0 unspecified atom stereocenters. The summed E-state index contributed by atoms with van der Waals surface area (Å²) in [4.78, 5) is 12.1. The number of nitrogens with zero attached hydrogens (tertiary/aromatic N) is 1. The van der Waals surface area contributed by atoms with Crippen LogP contribution in [-0.2, 0) is 15.0 Å². The molecule has 1 aliphatic rings. The van der Waals surface area contributed by atoms with Gasteiger partial charge in [0.2, 0.25) is 5.91 Å². The van der Waals surface area contributed by atoms with Crippen molar-refractivity contribution in [2.45, 2.75) is 46.5 Å². The molecule has 0 radical (unpaired) electrons. The van der Waals surface area contributed by atoms with Crippen LogP contribution in [0.2, 0.25) is 0 Å². The molecule has 7 heteroatoms. The van der Waals surface area contributed by atoms with Crippen molar-refractivity contribution in [2.75, 3.05) is 5.32 Å². The molecular formula is C17H23N3O3S. The quantitative estimate of drug-likeness (QED) is 0.856. The van der Waals surface area contributed by atoms with E-state index in [1.54, 1.807) is 13.8 Å². The number of amides is 1. The van der Waals surface area contributed by atoms with Crippen LogP contribution in [0, 0.1) is 0 Å². The Balaban J connectivity index is 1.95. The van der Waals surface area contributed by atoms with E-state index in [9.17, 15) is 13.2 Å². The fraction of sp³-hybridized carbons (Fsp3) is 0.412. The SMILES string of the molecule is CC1=NS(=O)(=O)NC(C)=C1CCC(=O)Nc1ccc(C(C)C)cc1.